The SMILES string of the molecule is CC(C)(C)C(=O)CSc1nnnn1-c1ccc(Br)cc1. The topological polar surface area (TPSA) is 60.7 Å². The number of aromatic nitrogens is 4. The van der Waals surface area contributed by atoms with Gasteiger partial charge in [0.05, 0.1) is 11.4 Å². The number of tetrazole rings is 1. The molecule has 0 saturated heterocycles. The molecule has 0 aliphatic heterocycles. The number of thioether (sulfide) groups is 1. The summed E-state index contributed by atoms with van der Waals surface area (Å²) < 4.78 is 2.62. The number of rotatable bonds is 4. The van der Waals surface area contributed by atoms with E-state index in [9.17, 15) is 4.79 Å². The van der Waals surface area contributed by atoms with Gasteiger partial charge < -0.3 is 0 Å². The zero-order valence-electron chi connectivity index (χ0n) is 11.5. The van der Waals surface area contributed by atoms with Crippen LogP contribution in [-0.2, 0) is 4.79 Å². The first-order valence-electron chi connectivity index (χ1n) is 6.08. The predicted molar refractivity (Wildman–Crippen MR) is 82.0 cm³/mol. The molecular formula is C13H15BrN4OS. The molecule has 0 unspecified atom stereocenters. The predicted octanol–water partition coefficient (Wildman–Crippen LogP) is 3.13. The molecule has 2 rings (SSSR count). The Morgan fingerprint density at radius 2 is 1.95 bits per heavy atom. The van der Waals surface area contributed by atoms with Crippen LogP contribution < -0.4 is 0 Å². The van der Waals surface area contributed by atoms with Crippen molar-refractivity contribution in [2.75, 3.05) is 5.75 Å². The van der Waals surface area contributed by atoms with Gasteiger partial charge in [0.15, 0.2) is 0 Å². The maximum absolute atomic E-state index is 11.9. The van der Waals surface area contributed by atoms with Gasteiger partial charge in [-0.1, -0.05) is 48.5 Å². The van der Waals surface area contributed by atoms with Gasteiger partial charge in [0.1, 0.15) is 5.78 Å². The van der Waals surface area contributed by atoms with Crippen LogP contribution in [0.15, 0.2) is 33.9 Å². The zero-order chi connectivity index (χ0) is 14.8. The summed E-state index contributed by atoms with van der Waals surface area (Å²) in [5.41, 5.74) is 0.520. The lowest BCUT2D eigenvalue weighted by Gasteiger charge is -2.15. The van der Waals surface area contributed by atoms with Crippen LogP contribution in [0.1, 0.15) is 20.8 Å². The van der Waals surface area contributed by atoms with E-state index in [0.717, 1.165) is 10.2 Å². The Morgan fingerprint density at radius 3 is 2.55 bits per heavy atom. The van der Waals surface area contributed by atoms with E-state index in [4.69, 9.17) is 0 Å². The van der Waals surface area contributed by atoms with Crippen molar-refractivity contribution in [1.82, 2.24) is 20.2 Å². The highest BCUT2D eigenvalue weighted by atomic mass is 79.9. The fourth-order valence-corrected chi connectivity index (χ4v) is 2.68. The van der Waals surface area contributed by atoms with Crippen LogP contribution >= 0.6 is 27.7 Å². The average Bonchev–Trinajstić information content (AvgIpc) is 2.84. The maximum atomic E-state index is 11.9. The van der Waals surface area contributed by atoms with Crippen LogP contribution in [0, 0.1) is 5.41 Å². The van der Waals surface area contributed by atoms with Gasteiger partial charge in [-0.3, -0.25) is 4.79 Å². The number of hydrogen-bond acceptors (Lipinski definition) is 5. The van der Waals surface area contributed by atoms with Gasteiger partial charge in [-0.2, -0.15) is 4.68 Å². The molecule has 106 valence electrons. The second-order valence-corrected chi connectivity index (χ2v) is 7.17. The largest absolute Gasteiger partial charge is 0.298 e. The number of hydrogen-bond donors (Lipinski definition) is 0. The summed E-state index contributed by atoms with van der Waals surface area (Å²) in [7, 11) is 0. The summed E-state index contributed by atoms with van der Waals surface area (Å²) in [5, 5.41) is 12.2. The molecule has 1 aromatic heterocycles. The third kappa shape index (κ3) is 3.67. The third-order valence-electron chi connectivity index (χ3n) is 2.68. The summed E-state index contributed by atoms with van der Waals surface area (Å²) in [6.07, 6.45) is 0. The van der Waals surface area contributed by atoms with Crippen molar-refractivity contribution in [1.29, 1.82) is 0 Å². The first kappa shape index (κ1) is 15.2. The van der Waals surface area contributed by atoms with Gasteiger partial charge in [-0.25, -0.2) is 0 Å². The van der Waals surface area contributed by atoms with E-state index < -0.39 is 0 Å². The Balaban J connectivity index is 2.13. The van der Waals surface area contributed by atoms with Crippen LogP contribution in [0.25, 0.3) is 5.69 Å². The minimum atomic E-state index is -0.344. The molecule has 0 N–H and O–H groups in total. The minimum Gasteiger partial charge on any atom is -0.298 e. The number of ketones is 1. The van der Waals surface area contributed by atoms with Crippen LogP contribution in [0.2, 0.25) is 0 Å². The van der Waals surface area contributed by atoms with Gasteiger partial charge in [0.25, 0.3) is 0 Å². The Morgan fingerprint density at radius 1 is 1.30 bits per heavy atom. The van der Waals surface area contributed by atoms with Crippen LogP contribution in [0.3, 0.4) is 0 Å². The second-order valence-electron chi connectivity index (χ2n) is 5.31. The standard InChI is InChI=1S/C13H15BrN4OS/c1-13(2,3)11(19)8-20-12-15-16-17-18(12)10-6-4-9(14)5-7-10/h4-7H,8H2,1-3H3. The molecule has 0 fully saturated rings. The molecule has 1 aromatic carbocycles. The lowest BCUT2D eigenvalue weighted by atomic mass is 9.92. The molecule has 5 nitrogen and oxygen atoms in total. The molecule has 0 radical (unpaired) electrons. The Hall–Kier alpha value is -1.21. The lowest BCUT2D eigenvalue weighted by molar-refractivity contribution is -0.123. The Labute approximate surface area is 130 Å². The Kier molecular flexibility index (Phi) is 4.59. The van der Waals surface area contributed by atoms with Crippen LogP contribution in [0.5, 0.6) is 0 Å². The van der Waals surface area contributed by atoms with Crippen molar-refractivity contribution in [3.63, 3.8) is 0 Å². The highest BCUT2D eigenvalue weighted by molar-refractivity contribution is 9.10. The first-order chi connectivity index (χ1) is 9.38. The molecule has 0 amide bonds. The number of carbonyl (C=O) groups is 1. The van der Waals surface area contributed by atoms with E-state index in [1.54, 1.807) is 4.68 Å². The molecule has 0 spiro atoms. The van der Waals surface area contributed by atoms with Crippen LogP contribution in [0.4, 0.5) is 0 Å². The normalized spacial score (nSPS) is 11.6. The van der Waals surface area contributed by atoms with Crippen molar-refractivity contribution < 1.29 is 4.79 Å². The number of Topliss-reactive ketones (excluding diaryl/α,β-unsaturated/α-hetero) is 1. The van der Waals surface area contributed by atoms with Gasteiger partial charge in [-0.05, 0) is 34.7 Å². The molecule has 0 bridgehead atoms. The lowest BCUT2D eigenvalue weighted by Crippen LogP contribution is -2.22. The summed E-state index contributed by atoms with van der Waals surface area (Å²) in [4.78, 5) is 11.9. The highest BCUT2D eigenvalue weighted by Gasteiger charge is 2.22. The molecule has 0 aliphatic carbocycles. The molecule has 2 aromatic rings. The van der Waals surface area contributed by atoms with Crippen molar-refractivity contribution in [2.45, 2.75) is 25.9 Å². The molecule has 0 aliphatic rings. The van der Waals surface area contributed by atoms with Gasteiger partial charge in [0, 0.05) is 9.89 Å². The van der Waals surface area contributed by atoms with E-state index >= 15 is 0 Å². The fraction of sp³-hybridized carbons (Fsp3) is 0.385. The van der Waals surface area contributed by atoms with Crippen molar-refractivity contribution in [3.05, 3.63) is 28.7 Å². The quantitative estimate of drug-likeness (QED) is 0.789. The molecule has 0 saturated carbocycles. The summed E-state index contributed by atoms with van der Waals surface area (Å²) in [5.74, 6) is 0.535. The van der Waals surface area contributed by atoms with E-state index in [1.165, 1.54) is 11.8 Å². The third-order valence-corrected chi connectivity index (χ3v) is 4.13. The molecular weight excluding hydrogens is 340 g/mol. The van der Waals surface area contributed by atoms with Gasteiger partial charge in [-0.15, -0.1) is 5.10 Å². The first-order valence-corrected chi connectivity index (χ1v) is 7.86. The van der Waals surface area contributed by atoms with Gasteiger partial charge in [0.2, 0.25) is 5.16 Å². The van der Waals surface area contributed by atoms with Crippen molar-refractivity contribution in [2.24, 2.45) is 5.41 Å². The zero-order valence-corrected chi connectivity index (χ0v) is 13.9. The number of benzene rings is 1. The number of nitrogens with zero attached hydrogens (tertiary/aromatic N) is 4. The number of carbonyl (C=O) groups excluding carboxylic acids is 1. The molecule has 0 atom stereocenters. The Bertz CT molecular complexity index is 604. The van der Waals surface area contributed by atoms with Crippen molar-refractivity contribution >= 4 is 33.5 Å². The fourth-order valence-electron chi connectivity index (χ4n) is 1.36. The summed E-state index contributed by atoms with van der Waals surface area (Å²) >= 11 is 4.74. The van der Waals surface area contributed by atoms with E-state index in [1.807, 2.05) is 45.0 Å². The minimum absolute atomic E-state index is 0.174. The van der Waals surface area contributed by atoms with E-state index in [2.05, 4.69) is 31.5 Å². The molecule has 1 heterocycles. The number of halogens is 1. The van der Waals surface area contributed by atoms with Crippen molar-refractivity contribution in [3.8, 4) is 5.69 Å². The molecule has 20 heavy (non-hydrogen) atoms. The van der Waals surface area contributed by atoms with Crippen LogP contribution in [-0.4, -0.2) is 31.7 Å². The smallest absolute Gasteiger partial charge is 0.214 e. The van der Waals surface area contributed by atoms with Gasteiger partial charge >= 0.3 is 0 Å². The van der Waals surface area contributed by atoms with E-state index in [0.29, 0.717) is 10.9 Å². The highest BCUT2D eigenvalue weighted by Crippen LogP contribution is 2.23. The monoisotopic (exact) mass is 354 g/mol. The average molecular weight is 355 g/mol. The second kappa shape index (κ2) is 6.05. The summed E-state index contributed by atoms with van der Waals surface area (Å²) in [6, 6.07) is 7.67. The van der Waals surface area contributed by atoms with E-state index in [-0.39, 0.29) is 11.2 Å². The maximum Gasteiger partial charge on any atom is 0.214 e. The molecule has 7 heteroatoms. The summed E-state index contributed by atoms with van der Waals surface area (Å²) in [6.45, 7) is 5.73.